The molecule has 2 rings (SSSR count). The second-order valence-corrected chi connectivity index (χ2v) is 8.02. The maximum atomic E-state index is 10.8. The summed E-state index contributed by atoms with van der Waals surface area (Å²) in [7, 11) is 0. The van der Waals surface area contributed by atoms with E-state index in [9.17, 15) is 4.79 Å². The molecule has 7 heteroatoms. The first kappa shape index (κ1) is 16.0. The molecule has 0 aliphatic heterocycles. The van der Waals surface area contributed by atoms with Crippen molar-refractivity contribution in [1.29, 1.82) is 0 Å². The number of hydrogen-bond acceptors (Lipinski definition) is 6. The molecule has 2 heterocycles. The van der Waals surface area contributed by atoms with Crippen molar-refractivity contribution in [3.8, 4) is 0 Å². The molecule has 114 valence electrons. The first-order chi connectivity index (χ1) is 9.75. The van der Waals surface area contributed by atoms with E-state index in [2.05, 4.69) is 30.7 Å². The summed E-state index contributed by atoms with van der Waals surface area (Å²) in [6.45, 7) is 8.06. The third-order valence-corrected chi connectivity index (χ3v) is 5.08. The third-order valence-electron chi connectivity index (χ3n) is 2.80. The number of carbonyl (C=O) groups is 1. The molecule has 2 aromatic heterocycles. The average Bonchev–Trinajstić information content (AvgIpc) is 2.93. The Morgan fingerprint density at radius 3 is 2.76 bits per heavy atom. The first-order valence-corrected chi connectivity index (χ1v) is 8.32. The Morgan fingerprint density at radius 2 is 2.19 bits per heavy atom. The molecule has 0 aromatic carbocycles. The Bertz CT molecular complexity index is 641. The van der Waals surface area contributed by atoms with Gasteiger partial charge in [-0.1, -0.05) is 32.5 Å². The lowest BCUT2D eigenvalue weighted by atomic mass is 9.94. The van der Waals surface area contributed by atoms with Gasteiger partial charge < -0.3 is 9.52 Å². The highest BCUT2D eigenvalue weighted by atomic mass is 32.2. The molecule has 5 nitrogen and oxygen atoms in total. The summed E-state index contributed by atoms with van der Waals surface area (Å²) in [5.41, 5.74) is 0.732. The van der Waals surface area contributed by atoms with Gasteiger partial charge in [-0.05, 0) is 6.92 Å². The summed E-state index contributed by atoms with van der Waals surface area (Å²) in [6, 6.07) is 0. The van der Waals surface area contributed by atoms with Crippen LogP contribution in [0.5, 0.6) is 0 Å². The summed E-state index contributed by atoms with van der Waals surface area (Å²) in [5.74, 6) is 1.29. The van der Waals surface area contributed by atoms with E-state index in [-0.39, 0.29) is 11.8 Å². The van der Waals surface area contributed by atoms with Crippen LogP contribution >= 0.6 is 23.1 Å². The van der Waals surface area contributed by atoms with Crippen molar-refractivity contribution in [3.05, 3.63) is 28.4 Å². The average molecular weight is 326 g/mol. The van der Waals surface area contributed by atoms with E-state index in [1.54, 1.807) is 6.20 Å². The summed E-state index contributed by atoms with van der Waals surface area (Å²) < 4.78 is 6.57. The molecule has 0 saturated carbocycles. The highest BCUT2D eigenvalue weighted by Gasteiger charge is 2.19. The molecule has 0 bridgehead atoms. The molecule has 0 unspecified atom stereocenters. The number of carboxylic acids is 1. The predicted molar refractivity (Wildman–Crippen MR) is 83.0 cm³/mol. The van der Waals surface area contributed by atoms with Crippen molar-refractivity contribution in [2.24, 2.45) is 0 Å². The predicted octanol–water partition coefficient (Wildman–Crippen LogP) is 3.66. The molecule has 21 heavy (non-hydrogen) atoms. The fourth-order valence-electron chi connectivity index (χ4n) is 1.61. The molecule has 1 N–H and O–H groups in total. The van der Waals surface area contributed by atoms with Gasteiger partial charge in [-0.2, -0.15) is 0 Å². The molecule has 2 aromatic rings. The van der Waals surface area contributed by atoms with Crippen LogP contribution in [-0.4, -0.2) is 21.0 Å². The van der Waals surface area contributed by atoms with Gasteiger partial charge in [0.15, 0.2) is 4.34 Å². The Morgan fingerprint density at radius 1 is 1.48 bits per heavy atom. The minimum Gasteiger partial charge on any atom is -0.481 e. The van der Waals surface area contributed by atoms with Crippen molar-refractivity contribution < 1.29 is 14.3 Å². The lowest BCUT2D eigenvalue weighted by Crippen LogP contribution is -2.09. The maximum Gasteiger partial charge on any atom is 0.308 e. The van der Waals surface area contributed by atoms with E-state index in [0.717, 1.165) is 20.7 Å². The first-order valence-electron chi connectivity index (χ1n) is 6.52. The van der Waals surface area contributed by atoms with Crippen LogP contribution in [0.4, 0.5) is 0 Å². The standard InChI is InChI=1S/C14H18N2O3S2/c1-8-9(5-12(17)18)21-13(16-8)20-7-11-15-6-10(19-11)14(2,3)4/h6H,5,7H2,1-4H3,(H,17,18). The molecule has 0 atom stereocenters. The van der Waals surface area contributed by atoms with Crippen molar-refractivity contribution in [3.63, 3.8) is 0 Å². The Hall–Kier alpha value is -1.34. The molecule has 0 saturated heterocycles. The van der Waals surface area contributed by atoms with Crippen molar-refractivity contribution in [2.75, 3.05) is 0 Å². The van der Waals surface area contributed by atoms with Gasteiger partial charge in [0.2, 0.25) is 5.89 Å². The number of oxazole rings is 1. The van der Waals surface area contributed by atoms with Gasteiger partial charge in [0.05, 0.1) is 24.1 Å². The van der Waals surface area contributed by atoms with Crippen LogP contribution in [0.25, 0.3) is 0 Å². The second-order valence-electron chi connectivity index (χ2n) is 5.72. The Balaban J connectivity index is 2.00. The topological polar surface area (TPSA) is 76.2 Å². The van der Waals surface area contributed by atoms with Gasteiger partial charge >= 0.3 is 5.97 Å². The second kappa shape index (κ2) is 6.19. The van der Waals surface area contributed by atoms with E-state index >= 15 is 0 Å². The SMILES string of the molecule is Cc1nc(SCc2ncc(C(C)(C)C)o2)sc1CC(=O)O. The van der Waals surface area contributed by atoms with Gasteiger partial charge in [-0.15, -0.1) is 11.3 Å². The van der Waals surface area contributed by atoms with Crippen LogP contribution in [-0.2, 0) is 22.4 Å². The smallest absolute Gasteiger partial charge is 0.308 e. The monoisotopic (exact) mass is 326 g/mol. The Labute approximate surface area is 131 Å². The number of thiazole rings is 1. The highest BCUT2D eigenvalue weighted by molar-refractivity contribution is 8.00. The minimum atomic E-state index is -0.833. The molecular weight excluding hydrogens is 308 g/mol. The largest absolute Gasteiger partial charge is 0.481 e. The van der Waals surface area contributed by atoms with E-state index in [1.807, 2.05) is 6.92 Å². The lowest BCUT2D eigenvalue weighted by molar-refractivity contribution is -0.136. The van der Waals surface area contributed by atoms with Gasteiger partial charge in [0.25, 0.3) is 0 Å². The number of aliphatic carboxylic acids is 1. The van der Waals surface area contributed by atoms with E-state index in [4.69, 9.17) is 9.52 Å². The minimum absolute atomic E-state index is 0.0250. The normalized spacial score (nSPS) is 11.8. The van der Waals surface area contributed by atoms with Gasteiger partial charge in [0.1, 0.15) is 5.76 Å². The number of nitrogens with zero attached hydrogens (tertiary/aromatic N) is 2. The molecular formula is C14H18N2O3S2. The van der Waals surface area contributed by atoms with Gasteiger partial charge in [0, 0.05) is 10.3 Å². The summed E-state index contributed by atoms with van der Waals surface area (Å²) in [4.78, 5) is 20.2. The fraction of sp³-hybridized carbons (Fsp3) is 0.500. The van der Waals surface area contributed by atoms with Crippen LogP contribution in [0, 0.1) is 6.92 Å². The van der Waals surface area contributed by atoms with Crippen molar-refractivity contribution >= 4 is 29.1 Å². The van der Waals surface area contributed by atoms with Gasteiger partial charge in [-0.3, -0.25) is 4.79 Å². The number of aromatic nitrogens is 2. The summed E-state index contributed by atoms with van der Waals surface area (Å²) in [5, 5.41) is 8.83. The molecule has 0 fully saturated rings. The number of carboxylic acid groups (broad SMARTS) is 1. The zero-order valence-electron chi connectivity index (χ0n) is 12.5. The van der Waals surface area contributed by atoms with E-state index in [0.29, 0.717) is 11.6 Å². The fourth-order valence-corrected chi connectivity index (χ4v) is 3.69. The van der Waals surface area contributed by atoms with Crippen LogP contribution in [0.15, 0.2) is 15.0 Å². The number of rotatable bonds is 5. The Kier molecular flexibility index (Phi) is 4.73. The number of thioether (sulfide) groups is 1. The van der Waals surface area contributed by atoms with E-state index < -0.39 is 5.97 Å². The van der Waals surface area contributed by atoms with Crippen molar-refractivity contribution in [2.45, 2.75) is 49.6 Å². The quantitative estimate of drug-likeness (QED) is 0.845. The summed E-state index contributed by atoms with van der Waals surface area (Å²) >= 11 is 2.94. The van der Waals surface area contributed by atoms with Gasteiger partial charge in [-0.25, -0.2) is 9.97 Å². The van der Waals surface area contributed by atoms with Crippen LogP contribution < -0.4 is 0 Å². The molecule has 0 amide bonds. The molecule has 0 radical (unpaired) electrons. The number of hydrogen-bond donors (Lipinski definition) is 1. The van der Waals surface area contributed by atoms with Crippen LogP contribution in [0.3, 0.4) is 0 Å². The molecule has 0 aliphatic rings. The van der Waals surface area contributed by atoms with E-state index in [1.165, 1.54) is 23.1 Å². The molecule has 0 spiro atoms. The summed E-state index contributed by atoms with van der Waals surface area (Å²) in [6.07, 6.45) is 1.79. The third kappa shape index (κ3) is 4.31. The number of aryl methyl sites for hydroxylation is 1. The molecule has 0 aliphatic carbocycles. The maximum absolute atomic E-state index is 10.8. The zero-order valence-corrected chi connectivity index (χ0v) is 14.1. The van der Waals surface area contributed by atoms with Crippen molar-refractivity contribution in [1.82, 2.24) is 9.97 Å². The van der Waals surface area contributed by atoms with Crippen LogP contribution in [0.1, 0.15) is 43.0 Å². The highest BCUT2D eigenvalue weighted by Crippen LogP contribution is 2.31. The lowest BCUT2D eigenvalue weighted by Gasteiger charge is -2.12. The van der Waals surface area contributed by atoms with Crippen LogP contribution in [0.2, 0.25) is 0 Å². The zero-order chi connectivity index (χ0) is 15.6.